The van der Waals surface area contributed by atoms with Gasteiger partial charge in [0.05, 0.1) is 5.71 Å². The summed E-state index contributed by atoms with van der Waals surface area (Å²) >= 11 is 3.12. The molecule has 0 saturated carbocycles. The normalized spacial score (nSPS) is 12.4. The molecule has 0 N–H and O–H groups in total. The van der Waals surface area contributed by atoms with E-state index in [1.165, 1.54) is 18.2 Å². The van der Waals surface area contributed by atoms with Crippen LogP contribution in [0.5, 0.6) is 5.75 Å². The van der Waals surface area contributed by atoms with Gasteiger partial charge in [-0.2, -0.15) is 0 Å². The van der Waals surface area contributed by atoms with Crippen molar-refractivity contribution >= 4 is 21.6 Å². The van der Waals surface area contributed by atoms with E-state index in [4.69, 9.17) is 0 Å². The third kappa shape index (κ3) is 5.91. The fourth-order valence-electron chi connectivity index (χ4n) is 1.19. The number of benzene rings is 1. The smallest absolute Gasteiger partial charge is 0.406 e. The van der Waals surface area contributed by atoms with Gasteiger partial charge >= 0.3 is 6.36 Å². The molecule has 0 amide bonds. The van der Waals surface area contributed by atoms with Crippen LogP contribution in [-0.4, -0.2) is 30.7 Å². The molecule has 8 heteroatoms. The van der Waals surface area contributed by atoms with Gasteiger partial charge in [-0.1, -0.05) is 33.2 Å². The zero-order valence-corrected chi connectivity index (χ0v) is 11.2. The Bertz CT molecular complexity index is 437. The maximum absolute atomic E-state index is 12.1. The molecule has 3 nitrogen and oxygen atoms in total. The summed E-state index contributed by atoms with van der Waals surface area (Å²) in [4.78, 5) is 4.65. The Hall–Kier alpha value is -1.31. The van der Waals surface area contributed by atoms with E-state index >= 15 is 0 Å². The SMILES string of the molecule is FCCO/N=C(\CBr)c1cccc(OC(F)(F)F)c1. The Balaban J connectivity index is 2.87. The molecule has 1 rings (SSSR count). The molecule has 0 fully saturated rings. The number of nitrogens with zero attached hydrogens (tertiary/aromatic N) is 1. The van der Waals surface area contributed by atoms with Gasteiger partial charge in [0.1, 0.15) is 19.0 Å². The maximum atomic E-state index is 12.1. The summed E-state index contributed by atoms with van der Waals surface area (Å²) in [6, 6.07) is 5.28. The van der Waals surface area contributed by atoms with Crippen molar-refractivity contribution in [3.63, 3.8) is 0 Å². The lowest BCUT2D eigenvalue weighted by molar-refractivity contribution is -0.274. The molecule has 0 atom stereocenters. The third-order valence-corrected chi connectivity index (χ3v) is 2.40. The van der Waals surface area contributed by atoms with Crippen LogP contribution in [0.15, 0.2) is 29.4 Å². The predicted molar refractivity (Wildman–Crippen MR) is 65.4 cm³/mol. The first kappa shape index (κ1) is 15.7. The van der Waals surface area contributed by atoms with Gasteiger partial charge in [0.25, 0.3) is 0 Å². The van der Waals surface area contributed by atoms with Crippen molar-refractivity contribution in [1.29, 1.82) is 0 Å². The zero-order valence-electron chi connectivity index (χ0n) is 9.58. The molecule has 0 aromatic heterocycles. The number of ether oxygens (including phenoxy) is 1. The number of hydrogen-bond acceptors (Lipinski definition) is 3. The summed E-state index contributed by atoms with van der Waals surface area (Å²) < 4.78 is 51.9. The molecule has 0 radical (unpaired) electrons. The van der Waals surface area contributed by atoms with Crippen molar-refractivity contribution in [1.82, 2.24) is 0 Å². The first-order chi connectivity index (χ1) is 8.96. The summed E-state index contributed by atoms with van der Waals surface area (Å²) in [5.74, 6) is -0.357. The van der Waals surface area contributed by atoms with E-state index in [-0.39, 0.29) is 17.7 Å². The third-order valence-electron chi connectivity index (χ3n) is 1.87. The number of alkyl halides is 5. The second-order valence-electron chi connectivity index (χ2n) is 3.27. The van der Waals surface area contributed by atoms with Gasteiger partial charge in [0.2, 0.25) is 0 Å². The van der Waals surface area contributed by atoms with Crippen molar-refractivity contribution in [3.8, 4) is 5.75 Å². The van der Waals surface area contributed by atoms with Crippen LogP contribution in [0.1, 0.15) is 5.56 Å². The molecule has 19 heavy (non-hydrogen) atoms. The Kier molecular flexibility index (Phi) is 6.07. The van der Waals surface area contributed by atoms with Crippen LogP contribution in [0.3, 0.4) is 0 Å². The zero-order chi connectivity index (χ0) is 14.3. The van der Waals surface area contributed by atoms with Crippen LogP contribution in [0, 0.1) is 0 Å². The van der Waals surface area contributed by atoms with Crippen LogP contribution >= 0.6 is 15.9 Å². The van der Waals surface area contributed by atoms with Crippen LogP contribution in [-0.2, 0) is 4.84 Å². The van der Waals surface area contributed by atoms with E-state index in [2.05, 4.69) is 30.7 Å². The minimum Gasteiger partial charge on any atom is -0.406 e. The van der Waals surface area contributed by atoms with Gasteiger partial charge in [-0.15, -0.1) is 13.2 Å². The molecule has 0 bridgehead atoms. The summed E-state index contributed by atoms with van der Waals surface area (Å²) in [6.45, 7) is -0.911. The Labute approximate surface area is 115 Å². The average molecular weight is 344 g/mol. The van der Waals surface area contributed by atoms with Gasteiger partial charge in [0.15, 0.2) is 0 Å². The second kappa shape index (κ2) is 7.32. The summed E-state index contributed by atoms with van der Waals surface area (Å²) in [7, 11) is 0. The molecule has 0 heterocycles. The topological polar surface area (TPSA) is 30.8 Å². The van der Waals surface area contributed by atoms with Crippen LogP contribution in [0.25, 0.3) is 0 Å². The number of halogens is 5. The molecule has 1 aromatic rings. The van der Waals surface area contributed by atoms with Crippen LogP contribution in [0.2, 0.25) is 0 Å². The van der Waals surface area contributed by atoms with E-state index in [0.717, 1.165) is 0 Å². The quantitative estimate of drug-likeness (QED) is 0.259. The monoisotopic (exact) mass is 343 g/mol. The molecule has 0 unspecified atom stereocenters. The molecule has 0 aliphatic rings. The molecule has 0 saturated heterocycles. The number of hydrogen-bond donors (Lipinski definition) is 0. The van der Waals surface area contributed by atoms with Gasteiger partial charge < -0.3 is 9.57 Å². The van der Waals surface area contributed by atoms with Crippen molar-refractivity contribution in [2.45, 2.75) is 6.36 Å². The fraction of sp³-hybridized carbons (Fsp3) is 0.364. The Morgan fingerprint density at radius 1 is 1.32 bits per heavy atom. The van der Waals surface area contributed by atoms with Gasteiger partial charge in [-0.3, -0.25) is 0 Å². The molecule has 1 aromatic carbocycles. The molecule has 0 aliphatic heterocycles. The summed E-state index contributed by atoms with van der Waals surface area (Å²) in [5, 5.41) is 3.88. The molecular weight excluding hydrogens is 334 g/mol. The first-order valence-corrected chi connectivity index (χ1v) is 6.25. The van der Waals surface area contributed by atoms with E-state index in [1.54, 1.807) is 6.07 Å². The number of rotatable bonds is 6. The van der Waals surface area contributed by atoms with E-state index in [0.29, 0.717) is 11.3 Å². The lowest BCUT2D eigenvalue weighted by atomic mass is 10.1. The highest BCUT2D eigenvalue weighted by Gasteiger charge is 2.31. The molecule has 0 aliphatic carbocycles. The van der Waals surface area contributed by atoms with E-state index in [9.17, 15) is 17.6 Å². The highest BCUT2D eigenvalue weighted by molar-refractivity contribution is 9.09. The molecule has 106 valence electrons. The summed E-state index contributed by atoms with van der Waals surface area (Å²) in [5.41, 5.74) is 0.721. The molecule has 0 spiro atoms. The molecular formula is C11H10BrF4NO2. The highest BCUT2D eigenvalue weighted by atomic mass is 79.9. The van der Waals surface area contributed by atoms with Gasteiger partial charge in [-0.05, 0) is 12.1 Å². The standard InChI is InChI=1S/C11H10BrF4NO2/c12-7-10(17-18-5-4-13)8-2-1-3-9(6-8)19-11(14,15)16/h1-3,6H,4-5,7H2/b17-10+. The Morgan fingerprint density at radius 3 is 2.63 bits per heavy atom. The maximum Gasteiger partial charge on any atom is 0.573 e. The minimum atomic E-state index is -4.75. The van der Waals surface area contributed by atoms with Crippen LogP contribution in [0.4, 0.5) is 17.6 Å². The van der Waals surface area contributed by atoms with Crippen molar-refractivity contribution in [2.75, 3.05) is 18.6 Å². The van der Waals surface area contributed by atoms with Gasteiger partial charge in [-0.25, -0.2) is 4.39 Å². The fourth-order valence-corrected chi connectivity index (χ4v) is 1.61. The Morgan fingerprint density at radius 2 is 2.05 bits per heavy atom. The minimum absolute atomic E-state index is 0.213. The van der Waals surface area contributed by atoms with Crippen molar-refractivity contribution in [2.24, 2.45) is 5.16 Å². The predicted octanol–water partition coefficient (Wildman–Crippen LogP) is 3.67. The van der Waals surface area contributed by atoms with Crippen molar-refractivity contribution in [3.05, 3.63) is 29.8 Å². The average Bonchev–Trinajstić information content (AvgIpc) is 2.33. The largest absolute Gasteiger partial charge is 0.573 e. The lowest BCUT2D eigenvalue weighted by Gasteiger charge is -2.10. The van der Waals surface area contributed by atoms with Crippen LogP contribution < -0.4 is 4.74 Å². The van der Waals surface area contributed by atoms with Crippen molar-refractivity contribution < 1.29 is 27.1 Å². The second-order valence-corrected chi connectivity index (χ2v) is 3.83. The number of oxime groups is 1. The summed E-state index contributed by atoms with van der Waals surface area (Å²) in [6.07, 6.45) is -4.75. The highest BCUT2D eigenvalue weighted by Crippen LogP contribution is 2.23. The van der Waals surface area contributed by atoms with E-state index in [1.807, 2.05) is 0 Å². The lowest BCUT2D eigenvalue weighted by Crippen LogP contribution is -2.17. The van der Waals surface area contributed by atoms with E-state index < -0.39 is 13.0 Å². The first-order valence-electron chi connectivity index (χ1n) is 5.13. The van der Waals surface area contributed by atoms with Gasteiger partial charge in [0, 0.05) is 10.9 Å².